The molecule has 252 valence electrons. The van der Waals surface area contributed by atoms with Gasteiger partial charge < -0.3 is 24.1 Å². The van der Waals surface area contributed by atoms with E-state index in [0.717, 1.165) is 103 Å². The molecule has 2 aliphatic heterocycles. The van der Waals surface area contributed by atoms with Crippen molar-refractivity contribution in [3.63, 3.8) is 0 Å². The maximum atomic E-state index is 14.5. The molecule has 0 aromatic heterocycles. The number of aliphatic hydroxyl groups excluding tert-OH is 1. The van der Waals surface area contributed by atoms with Gasteiger partial charge in [0.25, 0.3) is 0 Å². The Kier molecular flexibility index (Phi) is 7.42. The normalized spacial score (nSPS) is 44.8. The van der Waals surface area contributed by atoms with Crippen molar-refractivity contribution in [2.45, 2.75) is 140 Å². The molecule has 6 heteroatoms. The molecule has 2 spiro atoms. The van der Waals surface area contributed by atoms with Gasteiger partial charge in [-0.2, -0.15) is 0 Å². The van der Waals surface area contributed by atoms with E-state index in [1.54, 1.807) is 33.4 Å². The van der Waals surface area contributed by atoms with Crippen LogP contribution in [0, 0.1) is 34.5 Å². The van der Waals surface area contributed by atoms with Gasteiger partial charge in [-0.3, -0.25) is 0 Å². The van der Waals surface area contributed by atoms with Gasteiger partial charge in [-0.25, -0.2) is 4.39 Å². The van der Waals surface area contributed by atoms with Crippen LogP contribution in [0.2, 0.25) is 0 Å². The molecule has 1 N–H and O–H groups in total. The smallest absolute Gasteiger partial charge is 0.172 e. The first-order chi connectivity index (χ1) is 22.2. The van der Waals surface area contributed by atoms with Crippen LogP contribution in [-0.2, 0) is 18.9 Å². The van der Waals surface area contributed by atoms with E-state index in [2.05, 4.69) is 26.0 Å². The first-order valence-corrected chi connectivity index (χ1v) is 18.9. The van der Waals surface area contributed by atoms with Crippen LogP contribution in [0.15, 0.2) is 45.6 Å². The maximum Gasteiger partial charge on any atom is 0.172 e. The number of rotatable bonds is 0. The zero-order valence-electron chi connectivity index (χ0n) is 28.2. The summed E-state index contributed by atoms with van der Waals surface area (Å²) in [5, 5.41) is 10.5. The van der Waals surface area contributed by atoms with Crippen LogP contribution in [0.25, 0.3) is 0 Å². The van der Waals surface area contributed by atoms with Crippen LogP contribution in [0.3, 0.4) is 0 Å². The summed E-state index contributed by atoms with van der Waals surface area (Å²) in [6.07, 6.45) is 21.2. The van der Waals surface area contributed by atoms with E-state index in [4.69, 9.17) is 18.9 Å². The Morgan fingerprint density at radius 2 is 1.11 bits per heavy atom. The molecular formula is C40H55FO5. The lowest BCUT2D eigenvalue weighted by Crippen LogP contribution is -2.42. The van der Waals surface area contributed by atoms with Crippen molar-refractivity contribution in [1.82, 2.24) is 0 Å². The van der Waals surface area contributed by atoms with E-state index in [9.17, 15) is 9.50 Å². The van der Waals surface area contributed by atoms with Crippen LogP contribution in [0.4, 0.5) is 4.39 Å². The molecule has 2 heterocycles. The molecule has 10 aliphatic rings. The van der Waals surface area contributed by atoms with Crippen molar-refractivity contribution >= 4 is 0 Å². The third-order valence-electron chi connectivity index (χ3n) is 15.1. The number of ether oxygens (including phenoxy) is 4. The summed E-state index contributed by atoms with van der Waals surface area (Å²) < 4.78 is 38.3. The van der Waals surface area contributed by atoms with Crippen LogP contribution in [0.1, 0.15) is 117 Å². The summed E-state index contributed by atoms with van der Waals surface area (Å²) in [7, 11) is 0. The van der Waals surface area contributed by atoms with Crippen molar-refractivity contribution in [2.24, 2.45) is 34.5 Å². The SMILES string of the molecule is C[C@]12CC=C3C4=C(CCC3C1CC[C@@H]2O)CC1(CC4)OCCO1.C[C@]12CC=C3C4=C(CCC3C1CC[C@H]2F)CC1(CC4)OCCO1. The van der Waals surface area contributed by atoms with Crippen molar-refractivity contribution < 1.29 is 28.4 Å². The average molecular weight is 635 g/mol. The number of alkyl halides is 1. The Bertz CT molecular complexity index is 1280. The molecule has 2 saturated carbocycles. The van der Waals surface area contributed by atoms with Crippen LogP contribution < -0.4 is 0 Å². The van der Waals surface area contributed by atoms with Crippen LogP contribution >= 0.6 is 0 Å². The monoisotopic (exact) mass is 634 g/mol. The molecule has 4 unspecified atom stereocenters. The minimum atomic E-state index is -0.601. The lowest BCUT2D eigenvalue weighted by atomic mass is 9.58. The molecule has 0 amide bonds. The molecule has 4 fully saturated rings. The summed E-state index contributed by atoms with van der Waals surface area (Å²) in [5.74, 6) is 1.92. The first kappa shape index (κ1) is 30.7. The molecule has 0 aromatic rings. The van der Waals surface area contributed by atoms with Gasteiger partial charge in [0.1, 0.15) is 6.17 Å². The molecule has 8 aliphatic carbocycles. The number of hydrogen-bond acceptors (Lipinski definition) is 5. The highest BCUT2D eigenvalue weighted by atomic mass is 19.1. The molecule has 0 aromatic carbocycles. The van der Waals surface area contributed by atoms with E-state index < -0.39 is 6.17 Å². The minimum absolute atomic E-state index is 0.0974. The molecule has 0 radical (unpaired) electrons. The Balaban J connectivity index is 0.000000127. The topological polar surface area (TPSA) is 57.2 Å². The summed E-state index contributed by atoms with van der Waals surface area (Å²) in [6.45, 7) is 7.52. The fourth-order valence-electron chi connectivity index (χ4n) is 12.5. The van der Waals surface area contributed by atoms with Gasteiger partial charge in [-0.1, -0.05) is 37.1 Å². The van der Waals surface area contributed by atoms with Gasteiger partial charge in [-0.05, 0) is 123 Å². The Morgan fingerprint density at radius 3 is 1.65 bits per heavy atom. The van der Waals surface area contributed by atoms with Crippen molar-refractivity contribution in [3.8, 4) is 0 Å². The van der Waals surface area contributed by atoms with Gasteiger partial charge in [0.15, 0.2) is 11.6 Å². The summed E-state index contributed by atoms with van der Waals surface area (Å²) in [5.41, 5.74) is 9.64. The Hall–Kier alpha value is -1.31. The predicted octanol–water partition coefficient (Wildman–Crippen LogP) is 8.43. The van der Waals surface area contributed by atoms with Crippen LogP contribution in [-0.4, -0.2) is 55.4 Å². The number of allylic oxidation sites excluding steroid dienone is 6. The van der Waals surface area contributed by atoms with E-state index in [1.807, 2.05) is 0 Å². The second-order valence-electron chi connectivity index (χ2n) is 17.1. The first-order valence-electron chi connectivity index (χ1n) is 18.9. The zero-order chi connectivity index (χ0) is 31.3. The highest BCUT2D eigenvalue weighted by Crippen LogP contribution is 2.61. The van der Waals surface area contributed by atoms with Gasteiger partial charge in [0, 0.05) is 36.5 Å². The molecular weight excluding hydrogens is 579 g/mol. The lowest BCUT2D eigenvalue weighted by Gasteiger charge is -2.48. The number of halogens is 1. The molecule has 0 bridgehead atoms. The molecule has 46 heavy (non-hydrogen) atoms. The van der Waals surface area contributed by atoms with E-state index >= 15 is 0 Å². The van der Waals surface area contributed by atoms with Gasteiger partial charge in [-0.15, -0.1) is 0 Å². The van der Waals surface area contributed by atoms with Crippen molar-refractivity contribution in [1.29, 1.82) is 0 Å². The second kappa shape index (κ2) is 11.1. The quantitative estimate of drug-likeness (QED) is 0.290. The summed E-state index contributed by atoms with van der Waals surface area (Å²) in [6, 6.07) is 0. The zero-order valence-corrected chi connectivity index (χ0v) is 28.2. The molecule has 10 rings (SSSR count). The largest absolute Gasteiger partial charge is 0.393 e. The van der Waals surface area contributed by atoms with Gasteiger partial charge >= 0.3 is 0 Å². The van der Waals surface area contributed by atoms with Crippen molar-refractivity contribution in [3.05, 3.63) is 45.6 Å². The fourth-order valence-corrected chi connectivity index (χ4v) is 12.5. The van der Waals surface area contributed by atoms with Crippen LogP contribution in [0.5, 0.6) is 0 Å². The average Bonchev–Trinajstić information content (AvgIpc) is 3.85. The summed E-state index contributed by atoms with van der Waals surface area (Å²) >= 11 is 0. The number of fused-ring (bicyclic) bond motifs is 8. The van der Waals surface area contributed by atoms with E-state index in [-0.39, 0.29) is 28.5 Å². The van der Waals surface area contributed by atoms with Gasteiger partial charge in [0.2, 0.25) is 0 Å². The van der Waals surface area contributed by atoms with E-state index in [0.29, 0.717) is 23.7 Å². The second-order valence-corrected chi connectivity index (χ2v) is 17.1. The molecule has 2 saturated heterocycles. The number of hydrogen-bond donors (Lipinski definition) is 1. The minimum Gasteiger partial charge on any atom is -0.393 e. The third-order valence-corrected chi connectivity index (χ3v) is 15.1. The predicted molar refractivity (Wildman–Crippen MR) is 174 cm³/mol. The lowest BCUT2D eigenvalue weighted by molar-refractivity contribution is -0.164. The standard InChI is InChI=1S/C20H27FO2.C20H28O3/c2*1-19-8-6-15-14-7-9-20(22-10-11-23-20)12-13(14)2-3-16(15)17(19)4-5-18(19)21/h6,16-18H,2-5,7-12H2,1H3;6,16-18,21H,2-5,7-12H2,1H3/t16?,17?,18-,19+;16?,17?,18-,19-/m10/s1. The van der Waals surface area contributed by atoms with Crippen molar-refractivity contribution in [2.75, 3.05) is 26.4 Å². The third kappa shape index (κ3) is 4.62. The van der Waals surface area contributed by atoms with Gasteiger partial charge in [0.05, 0.1) is 32.5 Å². The fraction of sp³-hybridized carbons (Fsp3) is 0.800. The Labute approximate surface area is 275 Å². The summed E-state index contributed by atoms with van der Waals surface area (Å²) in [4.78, 5) is 0. The number of aliphatic hydroxyl groups is 1. The highest BCUT2D eigenvalue weighted by molar-refractivity contribution is 5.46. The van der Waals surface area contributed by atoms with E-state index in [1.165, 1.54) is 25.7 Å². The highest BCUT2D eigenvalue weighted by Gasteiger charge is 2.55. The Morgan fingerprint density at radius 1 is 0.630 bits per heavy atom. The molecule has 5 nitrogen and oxygen atoms in total. The molecule has 8 atom stereocenters. The maximum absolute atomic E-state index is 14.5.